The van der Waals surface area contributed by atoms with Crippen LogP contribution in [0.3, 0.4) is 0 Å². The first-order valence-corrected chi connectivity index (χ1v) is 5.13. The highest BCUT2D eigenvalue weighted by molar-refractivity contribution is 5.79. The first-order chi connectivity index (χ1) is 7.47. The zero-order valence-corrected chi connectivity index (χ0v) is 9.73. The second-order valence-electron chi connectivity index (χ2n) is 4.05. The van der Waals surface area contributed by atoms with Crippen molar-refractivity contribution < 1.29 is 14.6 Å². The van der Waals surface area contributed by atoms with E-state index in [0.717, 1.165) is 0 Å². The number of carbonyl (C=O) groups is 1. The molecule has 0 bridgehead atoms. The summed E-state index contributed by atoms with van der Waals surface area (Å²) in [7, 11) is 1.54. The summed E-state index contributed by atoms with van der Waals surface area (Å²) in [6.07, 6.45) is 0. The number of nitrogens with two attached hydrogens (primary N) is 1. The fourth-order valence-corrected chi connectivity index (χ4v) is 1.73. The first-order valence-electron chi connectivity index (χ1n) is 5.13. The van der Waals surface area contributed by atoms with Gasteiger partial charge in [0.2, 0.25) is 0 Å². The van der Waals surface area contributed by atoms with E-state index in [1.54, 1.807) is 25.3 Å². The van der Waals surface area contributed by atoms with E-state index < -0.39 is 11.9 Å². The van der Waals surface area contributed by atoms with Crippen LogP contribution in [0.4, 0.5) is 5.69 Å². The highest BCUT2D eigenvalue weighted by Gasteiger charge is 2.25. The Morgan fingerprint density at radius 1 is 1.44 bits per heavy atom. The van der Waals surface area contributed by atoms with Gasteiger partial charge in [-0.25, -0.2) is 0 Å². The van der Waals surface area contributed by atoms with Crippen LogP contribution in [0.2, 0.25) is 0 Å². The number of ether oxygens (including phenoxy) is 1. The summed E-state index contributed by atoms with van der Waals surface area (Å²) in [6, 6.07) is 5.08. The van der Waals surface area contributed by atoms with Gasteiger partial charge in [0.05, 0.1) is 13.0 Å². The molecule has 0 aromatic heterocycles. The summed E-state index contributed by atoms with van der Waals surface area (Å²) in [5.74, 6) is -0.868. The highest BCUT2D eigenvalue weighted by Crippen LogP contribution is 2.31. The Balaban J connectivity index is 3.22. The number of anilines is 1. The molecule has 1 rings (SSSR count). The van der Waals surface area contributed by atoms with Crippen molar-refractivity contribution in [1.82, 2.24) is 0 Å². The van der Waals surface area contributed by atoms with Gasteiger partial charge in [0, 0.05) is 5.69 Å². The maximum absolute atomic E-state index is 11.2. The Morgan fingerprint density at radius 2 is 2.06 bits per heavy atom. The maximum Gasteiger partial charge on any atom is 0.311 e. The predicted octanol–water partition coefficient (Wildman–Crippen LogP) is 2.10. The molecule has 4 heteroatoms. The second-order valence-corrected chi connectivity index (χ2v) is 4.05. The number of benzene rings is 1. The molecule has 16 heavy (non-hydrogen) atoms. The van der Waals surface area contributed by atoms with Gasteiger partial charge < -0.3 is 15.6 Å². The molecule has 0 saturated heterocycles. The number of rotatable bonds is 4. The Bertz CT molecular complexity index is 388. The molecule has 0 spiro atoms. The zero-order chi connectivity index (χ0) is 12.3. The summed E-state index contributed by atoms with van der Waals surface area (Å²) >= 11 is 0. The molecule has 0 fully saturated rings. The monoisotopic (exact) mass is 223 g/mol. The van der Waals surface area contributed by atoms with E-state index in [0.29, 0.717) is 17.0 Å². The zero-order valence-electron chi connectivity index (χ0n) is 9.73. The van der Waals surface area contributed by atoms with Gasteiger partial charge in [-0.15, -0.1) is 0 Å². The normalized spacial score (nSPS) is 12.5. The lowest BCUT2D eigenvalue weighted by Gasteiger charge is -2.19. The molecule has 1 unspecified atom stereocenters. The third kappa shape index (κ3) is 2.45. The lowest BCUT2D eigenvalue weighted by Crippen LogP contribution is -2.18. The quantitative estimate of drug-likeness (QED) is 0.767. The van der Waals surface area contributed by atoms with Gasteiger partial charge in [-0.05, 0) is 29.7 Å². The Labute approximate surface area is 95.0 Å². The van der Waals surface area contributed by atoms with E-state index in [1.165, 1.54) is 0 Å². The van der Waals surface area contributed by atoms with Gasteiger partial charge in [-0.3, -0.25) is 4.79 Å². The Kier molecular flexibility index (Phi) is 3.77. The van der Waals surface area contributed by atoms with Crippen LogP contribution in [0.1, 0.15) is 25.3 Å². The van der Waals surface area contributed by atoms with Crippen LogP contribution >= 0.6 is 0 Å². The minimum absolute atomic E-state index is 0.0214. The Morgan fingerprint density at radius 3 is 2.50 bits per heavy atom. The molecular formula is C12H17NO3. The minimum atomic E-state index is -0.866. The second kappa shape index (κ2) is 4.88. The largest absolute Gasteiger partial charge is 0.497 e. The van der Waals surface area contributed by atoms with Gasteiger partial charge in [-0.2, -0.15) is 0 Å². The van der Waals surface area contributed by atoms with Crippen LogP contribution in [0.5, 0.6) is 5.75 Å². The van der Waals surface area contributed by atoms with E-state index >= 15 is 0 Å². The fraction of sp³-hybridized carbons (Fsp3) is 0.417. The van der Waals surface area contributed by atoms with Crippen molar-refractivity contribution in [2.45, 2.75) is 19.8 Å². The van der Waals surface area contributed by atoms with Crippen molar-refractivity contribution in [3.05, 3.63) is 23.8 Å². The first kappa shape index (κ1) is 12.4. The molecule has 4 nitrogen and oxygen atoms in total. The van der Waals surface area contributed by atoms with Gasteiger partial charge in [0.1, 0.15) is 5.75 Å². The number of hydrogen-bond donors (Lipinski definition) is 2. The molecular weight excluding hydrogens is 206 g/mol. The van der Waals surface area contributed by atoms with Gasteiger partial charge in [0.25, 0.3) is 0 Å². The number of aliphatic carboxylic acids is 1. The molecule has 1 aromatic carbocycles. The van der Waals surface area contributed by atoms with Crippen molar-refractivity contribution in [3.63, 3.8) is 0 Å². The number of nitrogen functional groups attached to an aromatic ring is 1. The molecule has 0 heterocycles. The van der Waals surface area contributed by atoms with E-state index in [9.17, 15) is 9.90 Å². The van der Waals surface area contributed by atoms with E-state index in [-0.39, 0.29) is 5.92 Å². The van der Waals surface area contributed by atoms with Crippen molar-refractivity contribution in [2.75, 3.05) is 12.8 Å². The van der Waals surface area contributed by atoms with Crippen molar-refractivity contribution in [2.24, 2.45) is 5.92 Å². The fourth-order valence-electron chi connectivity index (χ4n) is 1.73. The van der Waals surface area contributed by atoms with Crippen LogP contribution < -0.4 is 10.5 Å². The third-order valence-electron chi connectivity index (χ3n) is 2.56. The summed E-state index contributed by atoms with van der Waals surface area (Å²) in [4.78, 5) is 11.2. The van der Waals surface area contributed by atoms with Crippen LogP contribution in [0, 0.1) is 5.92 Å². The number of methoxy groups -OCH3 is 1. The number of carboxylic acids is 1. The van der Waals surface area contributed by atoms with E-state index in [4.69, 9.17) is 10.5 Å². The maximum atomic E-state index is 11.2. The summed E-state index contributed by atoms with van der Waals surface area (Å²) in [5, 5.41) is 9.19. The van der Waals surface area contributed by atoms with Crippen LogP contribution in [0.15, 0.2) is 18.2 Å². The predicted molar refractivity (Wildman–Crippen MR) is 62.6 cm³/mol. The molecule has 0 radical (unpaired) electrons. The molecule has 0 aliphatic heterocycles. The van der Waals surface area contributed by atoms with Crippen LogP contribution in [0.25, 0.3) is 0 Å². The van der Waals surface area contributed by atoms with Crippen molar-refractivity contribution in [1.29, 1.82) is 0 Å². The lowest BCUT2D eigenvalue weighted by atomic mass is 9.87. The molecule has 1 atom stereocenters. The van der Waals surface area contributed by atoms with Crippen molar-refractivity contribution >= 4 is 11.7 Å². The molecule has 0 aliphatic rings. The Hall–Kier alpha value is -1.71. The lowest BCUT2D eigenvalue weighted by molar-refractivity contribution is -0.139. The standard InChI is InChI=1S/C12H17NO3/c1-7(2)11(12(14)15)9-6-8(16-3)4-5-10(9)13/h4-7,11H,13H2,1-3H3,(H,14,15). The van der Waals surface area contributed by atoms with Gasteiger partial charge in [-0.1, -0.05) is 13.8 Å². The van der Waals surface area contributed by atoms with E-state index in [1.807, 2.05) is 13.8 Å². The molecule has 88 valence electrons. The minimum Gasteiger partial charge on any atom is -0.497 e. The topological polar surface area (TPSA) is 72.5 Å². The number of hydrogen-bond acceptors (Lipinski definition) is 3. The molecule has 0 amide bonds. The smallest absolute Gasteiger partial charge is 0.311 e. The van der Waals surface area contributed by atoms with Gasteiger partial charge >= 0.3 is 5.97 Å². The van der Waals surface area contributed by atoms with Gasteiger partial charge in [0.15, 0.2) is 0 Å². The summed E-state index contributed by atoms with van der Waals surface area (Å²) in [5.41, 5.74) is 6.90. The van der Waals surface area contributed by atoms with Crippen molar-refractivity contribution in [3.8, 4) is 5.75 Å². The molecule has 1 aromatic rings. The third-order valence-corrected chi connectivity index (χ3v) is 2.56. The van der Waals surface area contributed by atoms with Crippen LogP contribution in [-0.4, -0.2) is 18.2 Å². The van der Waals surface area contributed by atoms with Crippen LogP contribution in [-0.2, 0) is 4.79 Å². The molecule has 0 saturated carbocycles. The highest BCUT2D eigenvalue weighted by atomic mass is 16.5. The molecule has 0 aliphatic carbocycles. The molecule has 3 N–H and O–H groups in total. The summed E-state index contributed by atoms with van der Waals surface area (Å²) in [6.45, 7) is 3.72. The average Bonchev–Trinajstić information content (AvgIpc) is 2.20. The summed E-state index contributed by atoms with van der Waals surface area (Å²) < 4.78 is 5.07. The average molecular weight is 223 g/mol. The number of carboxylic acid groups (broad SMARTS) is 1. The van der Waals surface area contributed by atoms with E-state index in [2.05, 4.69) is 0 Å². The SMILES string of the molecule is COc1ccc(N)c(C(C(=O)O)C(C)C)c1.